The first-order valence-electron chi connectivity index (χ1n) is 7.38. The van der Waals surface area contributed by atoms with E-state index in [2.05, 4.69) is 34.5 Å². The summed E-state index contributed by atoms with van der Waals surface area (Å²) in [6.45, 7) is 5.44. The smallest absolute Gasteiger partial charge is 0.0713 e. The first-order chi connectivity index (χ1) is 9.36. The lowest BCUT2D eigenvalue weighted by atomic mass is 9.91. The second-order valence-electron chi connectivity index (χ2n) is 5.85. The van der Waals surface area contributed by atoms with Crippen molar-refractivity contribution in [2.45, 2.75) is 32.0 Å². The molecule has 3 heteroatoms. The van der Waals surface area contributed by atoms with Crippen molar-refractivity contribution in [1.29, 1.82) is 0 Å². The Bertz CT molecular complexity index is 404. The van der Waals surface area contributed by atoms with Crippen molar-refractivity contribution in [3.05, 3.63) is 35.4 Å². The number of methoxy groups -OCH3 is 1. The van der Waals surface area contributed by atoms with Crippen molar-refractivity contribution >= 4 is 0 Å². The van der Waals surface area contributed by atoms with Crippen LogP contribution < -0.4 is 5.32 Å². The maximum absolute atomic E-state index is 5.16. The minimum Gasteiger partial charge on any atom is -0.380 e. The highest BCUT2D eigenvalue weighted by Crippen LogP contribution is 2.27. The highest BCUT2D eigenvalue weighted by Gasteiger charge is 2.34. The number of likely N-dealkylation sites (tertiary alicyclic amines) is 1. The topological polar surface area (TPSA) is 24.5 Å². The SMILES string of the molecule is COCc1ccc(CN2CCCC3CNCC32)cc1. The molecule has 2 heterocycles. The van der Waals surface area contributed by atoms with Crippen LogP contribution in [-0.4, -0.2) is 37.7 Å². The molecular weight excluding hydrogens is 236 g/mol. The van der Waals surface area contributed by atoms with Crippen molar-refractivity contribution < 1.29 is 4.74 Å². The Morgan fingerprint density at radius 3 is 2.79 bits per heavy atom. The van der Waals surface area contributed by atoms with Gasteiger partial charge in [-0.2, -0.15) is 0 Å². The number of benzene rings is 1. The number of nitrogens with one attached hydrogen (secondary N) is 1. The molecule has 0 aromatic heterocycles. The highest BCUT2D eigenvalue weighted by molar-refractivity contribution is 5.22. The molecule has 0 aliphatic carbocycles. The van der Waals surface area contributed by atoms with E-state index in [-0.39, 0.29) is 0 Å². The largest absolute Gasteiger partial charge is 0.380 e. The predicted molar refractivity (Wildman–Crippen MR) is 76.9 cm³/mol. The van der Waals surface area contributed by atoms with E-state index in [1.165, 1.54) is 43.6 Å². The molecule has 2 aliphatic rings. The van der Waals surface area contributed by atoms with Crippen molar-refractivity contribution in [3.63, 3.8) is 0 Å². The van der Waals surface area contributed by atoms with Crippen molar-refractivity contribution in [2.75, 3.05) is 26.7 Å². The predicted octanol–water partition coefficient (Wildman–Crippen LogP) is 2.02. The van der Waals surface area contributed by atoms with Gasteiger partial charge in [-0.1, -0.05) is 24.3 Å². The second-order valence-corrected chi connectivity index (χ2v) is 5.85. The number of piperidine rings is 1. The fraction of sp³-hybridized carbons (Fsp3) is 0.625. The van der Waals surface area contributed by atoms with Crippen LogP contribution in [0.5, 0.6) is 0 Å². The summed E-state index contributed by atoms with van der Waals surface area (Å²) < 4.78 is 5.16. The molecule has 3 nitrogen and oxygen atoms in total. The fourth-order valence-corrected chi connectivity index (χ4v) is 3.50. The van der Waals surface area contributed by atoms with Gasteiger partial charge >= 0.3 is 0 Å². The molecule has 0 radical (unpaired) electrons. The van der Waals surface area contributed by atoms with Crippen LogP contribution >= 0.6 is 0 Å². The third-order valence-electron chi connectivity index (χ3n) is 4.51. The Hall–Kier alpha value is -0.900. The van der Waals surface area contributed by atoms with Gasteiger partial charge in [0.25, 0.3) is 0 Å². The van der Waals surface area contributed by atoms with E-state index in [0.717, 1.165) is 18.5 Å². The zero-order valence-electron chi connectivity index (χ0n) is 11.8. The summed E-state index contributed by atoms with van der Waals surface area (Å²) in [5.74, 6) is 0.876. The quantitative estimate of drug-likeness (QED) is 0.896. The van der Waals surface area contributed by atoms with Crippen LogP contribution in [0.3, 0.4) is 0 Å². The molecule has 1 N–H and O–H groups in total. The molecule has 2 atom stereocenters. The molecule has 1 aromatic rings. The van der Waals surface area contributed by atoms with Gasteiger partial charge in [-0.3, -0.25) is 4.90 Å². The van der Waals surface area contributed by atoms with E-state index in [1.807, 2.05) is 0 Å². The minimum absolute atomic E-state index is 0.707. The average molecular weight is 260 g/mol. The molecule has 2 unspecified atom stereocenters. The molecule has 2 aliphatic heterocycles. The van der Waals surface area contributed by atoms with Crippen LogP contribution in [0.25, 0.3) is 0 Å². The van der Waals surface area contributed by atoms with E-state index < -0.39 is 0 Å². The van der Waals surface area contributed by atoms with Crippen LogP contribution in [0, 0.1) is 5.92 Å². The zero-order valence-corrected chi connectivity index (χ0v) is 11.8. The molecule has 0 spiro atoms. The van der Waals surface area contributed by atoms with Gasteiger partial charge in [-0.15, -0.1) is 0 Å². The van der Waals surface area contributed by atoms with Gasteiger partial charge in [0.2, 0.25) is 0 Å². The van der Waals surface area contributed by atoms with Gasteiger partial charge in [-0.05, 0) is 43.0 Å². The maximum atomic E-state index is 5.16. The fourth-order valence-electron chi connectivity index (χ4n) is 3.50. The molecule has 0 bridgehead atoms. The van der Waals surface area contributed by atoms with Crippen LogP contribution in [0.1, 0.15) is 24.0 Å². The maximum Gasteiger partial charge on any atom is 0.0713 e. The Morgan fingerprint density at radius 2 is 2.00 bits per heavy atom. The summed E-state index contributed by atoms with van der Waals surface area (Å²) >= 11 is 0. The number of hydrogen-bond acceptors (Lipinski definition) is 3. The standard InChI is InChI=1S/C16H24N2O/c1-19-12-14-6-4-13(5-7-14)11-18-8-2-3-15-9-17-10-16(15)18/h4-7,15-17H,2-3,8-12H2,1H3. The molecule has 19 heavy (non-hydrogen) atoms. The van der Waals surface area contributed by atoms with E-state index >= 15 is 0 Å². The van der Waals surface area contributed by atoms with E-state index in [0.29, 0.717) is 6.61 Å². The average Bonchev–Trinajstić information content (AvgIpc) is 2.91. The van der Waals surface area contributed by atoms with Crippen LogP contribution in [0.15, 0.2) is 24.3 Å². The van der Waals surface area contributed by atoms with Crippen molar-refractivity contribution in [1.82, 2.24) is 10.2 Å². The number of fused-ring (bicyclic) bond motifs is 1. The molecule has 2 saturated heterocycles. The van der Waals surface area contributed by atoms with Gasteiger partial charge < -0.3 is 10.1 Å². The number of ether oxygens (including phenoxy) is 1. The third kappa shape index (κ3) is 2.99. The molecule has 0 saturated carbocycles. The van der Waals surface area contributed by atoms with Crippen LogP contribution in [0.4, 0.5) is 0 Å². The Labute approximate surface area is 115 Å². The molecular formula is C16H24N2O. The van der Waals surface area contributed by atoms with Crippen molar-refractivity contribution in [3.8, 4) is 0 Å². The number of rotatable bonds is 4. The van der Waals surface area contributed by atoms with E-state index in [9.17, 15) is 0 Å². The normalized spacial score (nSPS) is 27.4. The molecule has 3 rings (SSSR count). The third-order valence-corrected chi connectivity index (χ3v) is 4.51. The highest BCUT2D eigenvalue weighted by atomic mass is 16.5. The van der Waals surface area contributed by atoms with Gasteiger partial charge in [0.05, 0.1) is 6.61 Å². The first-order valence-corrected chi connectivity index (χ1v) is 7.38. The summed E-state index contributed by atoms with van der Waals surface area (Å²) in [6, 6.07) is 9.63. The first kappa shape index (κ1) is 13.1. The molecule has 2 fully saturated rings. The summed E-state index contributed by atoms with van der Waals surface area (Å²) in [7, 11) is 1.74. The zero-order chi connectivity index (χ0) is 13.1. The summed E-state index contributed by atoms with van der Waals surface area (Å²) in [5, 5.41) is 3.55. The lowest BCUT2D eigenvalue weighted by Crippen LogP contribution is -2.44. The Kier molecular flexibility index (Phi) is 4.16. The second kappa shape index (κ2) is 6.04. The van der Waals surface area contributed by atoms with E-state index in [1.54, 1.807) is 7.11 Å². The minimum atomic E-state index is 0.707. The summed E-state index contributed by atoms with van der Waals surface area (Å²) in [5.41, 5.74) is 2.68. The van der Waals surface area contributed by atoms with Gasteiger partial charge in [0.15, 0.2) is 0 Å². The van der Waals surface area contributed by atoms with Crippen LogP contribution in [0.2, 0.25) is 0 Å². The number of hydrogen-bond donors (Lipinski definition) is 1. The monoisotopic (exact) mass is 260 g/mol. The Balaban J connectivity index is 1.63. The van der Waals surface area contributed by atoms with Crippen LogP contribution in [-0.2, 0) is 17.9 Å². The van der Waals surface area contributed by atoms with E-state index in [4.69, 9.17) is 4.74 Å². The summed E-state index contributed by atoms with van der Waals surface area (Å²) in [4.78, 5) is 2.67. The molecule has 0 amide bonds. The van der Waals surface area contributed by atoms with Crippen molar-refractivity contribution in [2.24, 2.45) is 5.92 Å². The lowest BCUT2D eigenvalue weighted by Gasteiger charge is -2.37. The van der Waals surface area contributed by atoms with Gasteiger partial charge in [-0.25, -0.2) is 0 Å². The number of nitrogens with zero attached hydrogens (tertiary/aromatic N) is 1. The van der Waals surface area contributed by atoms with Gasteiger partial charge in [0, 0.05) is 26.2 Å². The molecule has 104 valence electrons. The van der Waals surface area contributed by atoms with Gasteiger partial charge in [0.1, 0.15) is 0 Å². The molecule has 1 aromatic carbocycles. The lowest BCUT2D eigenvalue weighted by molar-refractivity contribution is 0.117. The Morgan fingerprint density at radius 1 is 1.21 bits per heavy atom. The summed E-state index contributed by atoms with van der Waals surface area (Å²) in [6.07, 6.45) is 2.76.